The Balaban J connectivity index is 2.49. The molecule has 0 aliphatic carbocycles. The van der Waals surface area contributed by atoms with Crippen LogP contribution in [0.3, 0.4) is 0 Å². The lowest BCUT2D eigenvalue weighted by Crippen LogP contribution is -1.97. The number of halogens is 1. The van der Waals surface area contributed by atoms with Crippen LogP contribution in [0.4, 0.5) is 0 Å². The van der Waals surface area contributed by atoms with Crippen LogP contribution in [0.2, 0.25) is 0 Å². The molecule has 1 aromatic carbocycles. The van der Waals surface area contributed by atoms with E-state index in [1.807, 2.05) is 31.2 Å². The van der Waals surface area contributed by atoms with Gasteiger partial charge < -0.3 is 10.3 Å². The monoisotopic (exact) mass is 266 g/mol. The van der Waals surface area contributed by atoms with Crippen molar-refractivity contribution in [2.75, 3.05) is 0 Å². The highest BCUT2D eigenvalue weighted by Crippen LogP contribution is 2.27. The van der Waals surface area contributed by atoms with Crippen LogP contribution in [0.25, 0.3) is 11.3 Å². The molecule has 0 fully saturated rings. The molecule has 15 heavy (non-hydrogen) atoms. The number of nitrogens with zero attached hydrogens (tertiary/aromatic N) is 1. The van der Waals surface area contributed by atoms with Crippen LogP contribution in [0.1, 0.15) is 11.3 Å². The summed E-state index contributed by atoms with van der Waals surface area (Å²) in [4.78, 5) is 0. The third-order valence-corrected chi connectivity index (χ3v) is 2.79. The molecule has 0 aliphatic heterocycles. The molecule has 1 heterocycles. The number of aromatic nitrogens is 1. The van der Waals surface area contributed by atoms with Crippen LogP contribution < -0.4 is 5.73 Å². The zero-order chi connectivity index (χ0) is 10.8. The summed E-state index contributed by atoms with van der Waals surface area (Å²) in [6, 6.07) is 7.91. The Hall–Kier alpha value is -1.13. The van der Waals surface area contributed by atoms with E-state index >= 15 is 0 Å². The highest BCUT2D eigenvalue weighted by Gasteiger charge is 2.12. The Morgan fingerprint density at radius 2 is 2.27 bits per heavy atom. The minimum absolute atomic E-state index is 0.406. The van der Waals surface area contributed by atoms with Crippen LogP contribution in [0.15, 0.2) is 33.3 Å². The largest absolute Gasteiger partial charge is 0.356 e. The molecule has 0 atom stereocenters. The van der Waals surface area contributed by atoms with Gasteiger partial charge in [0.25, 0.3) is 0 Å². The summed E-state index contributed by atoms with van der Waals surface area (Å²) in [5, 5.41) is 3.92. The summed E-state index contributed by atoms with van der Waals surface area (Å²) in [6.07, 6.45) is 0. The lowest BCUT2D eigenvalue weighted by molar-refractivity contribution is 0.423. The first-order valence-electron chi connectivity index (χ1n) is 4.63. The molecule has 0 aliphatic rings. The van der Waals surface area contributed by atoms with Gasteiger partial charge in [-0.25, -0.2) is 0 Å². The average Bonchev–Trinajstić information content (AvgIpc) is 2.59. The Kier molecular flexibility index (Phi) is 2.88. The molecule has 0 unspecified atom stereocenters. The van der Waals surface area contributed by atoms with Gasteiger partial charge in [-0.2, -0.15) is 0 Å². The molecular weight excluding hydrogens is 256 g/mol. The molecule has 0 saturated carbocycles. The van der Waals surface area contributed by atoms with Crippen molar-refractivity contribution >= 4 is 15.9 Å². The Bertz CT molecular complexity index is 479. The van der Waals surface area contributed by atoms with Gasteiger partial charge in [0.05, 0.1) is 0 Å². The first kappa shape index (κ1) is 10.4. The van der Waals surface area contributed by atoms with E-state index in [1.54, 1.807) is 0 Å². The second kappa shape index (κ2) is 4.16. The van der Waals surface area contributed by atoms with Crippen molar-refractivity contribution in [3.8, 4) is 11.3 Å². The summed E-state index contributed by atoms with van der Waals surface area (Å²) in [7, 11) is 0. The minimum atomic E-state index is 0.406. The molecule has 2 N–H and O–H groups in total. The third-order valence-electron chi connectivity index (χ3n) is 2.30. The second-order valence-electron chi connectivity index (χ2n) is 3.30. The molecule has 0 spiro atoms. The summed E-state index contributed by atoms with van der Waals surface area (Å²) in [5.41, 5.74) is 8.37. The first-order chi connectivity index (χ1) is 7.22. The summed E-state index contributed by atoms with van der Waals surface area (Å²) >= 11 is 3.42. The minimum Gasteiger partial charge on any atom is -0.356 e. The van der Waals surface area contributed by atoms with Gasteiger partial charge in [0.2, 0.25) is 0 Å². The van der Waals surface area contributed by atoms with Crippen LogP contribution >= 0.6 is 15.9 Å². The summed E-state index contributed by atoms with van der Waals surface area (Å²) in [6.45, 7) is 2.37. The fraction of sp³-hybridized carbons (Fsp3) is 0.182. The Morgan fingerprint density at radius 1 is 1.47 bits per heavy atom. The number of hydrogen-bond acceptors (Lipinski definition) is 3. The number of hydrogen-bond donors (Lipinski definition) is 1. The SMILES string of the molecule is Cc1c(CN)noc1-c1cccc(Br)c1. The van der Waals surface area contributed by atoms with E-state index in [9.17, 15) is 0 Å². The van der Waals surface area contributed by atoms with Gasteiger partial charge in [-0.3, -0.25) is 0 Å². The van der Waals surface area contributed by atoms with E-state index in [-0.39, 0.29) is 0 Å². The van der Waals surface area contributed by atoms with Gasteiger partial charge in [-0.1, -0.05) is 33.2 Å². The van der Waals surface area contributed by atoms with E-state index in [4.69, 9.17) is 10.3 Å². The van der Waals surface area contributed by atoms with Gasteiger partial charge in [0, 0.05) is 22.1 Å². The lowest BCUT2D eigenvalue weighted by Gasteiger charge is -1.98. The van der Waals surface area contributed by atoms with Crippen molar-refractivity contribution in [2.45, 2.75) is 13.5 Å². The number of benzene rings is 1. The van der Waals surface area contributed by atoms with Gasteiger partial charge in [0.15, 0.2) is 5.76 Å². The maximum absolute atomic E-state index is 5.54. The molecule has 1 aromatic heterocycles. The van der Waals surface area contributed by atoms with E-state index in [1.165, 1.54) is 0 Å². The van der Waals surface area contributed by atoms with Crippen LogP contribution in [-0.2, 0) is 6.54 Å². The predicted molar refractivity (Wildman–Crippen MR) is 62.3 cm³/mol. The Labute approximate surface area is 96.4 Å². The van der Waals surface area contributed by atoms with Crippen LogP contribution in [0, 0.1) is 6.92 Å². The van der Waals surface area contributed by atoms with Crippen molar-refractivity contribution in [1.82, 2.24) is 5.16 Å². The van der Waals surface area contributed by atoms with Crippen LogP contribution in [-0.4, -0.2) is 5.16 Å². The molecule has 78 valence electrons. The highest BCUT2D eigenvalue weighted by molar-refractivity contribution is 9.10. The van der Waals surface area contributed by atoms with Crippen molar-refractivity contribution in [2.24, 2.45) is 5.73 Å². The van der Waals surface area contributed by atoms with Gasteiger partial charge in [0.1, 0.15) is 5.69 Å². The molecular formula is C11H11BrN2O. The topological polar surface area (TPSA) is 52.0 Å². The fourth-order valence-electron chi connectivity index (χ4n) is 1.46. The summed E-state index contributed by atoms with van der Waals surface area (Å²) < 4.78 is 6.30. The molecule has 0 radical (unpaired) electrons. The van der Waals surface area contributed by atoms with E-state index in [0.29, 0.717) is 6.54 Å². The zero-order valence-corrected chi connectivity index (χ0v) is 9.91. The molecule has 0 amide bonds. The quantitative estimate of drug-likeness (QED) is 0.910. The van der Waals surface area contributed by atoms with Crippen LogP contribution in [0.5, 0.6) is 0 Å². The normalized spacial score (nSPS) is 10.6. The number of nitrogens with two attached hydrogens (primary N) is 1. The van der Waals surface area contributed by atoms with E-state index < -0.39 is 0 Å². The van der Waals surface area contributed by atoms with Gasteiger partial charge in [-0.05, 0) is 19.1 Å². The molecule has 0 saturated heterocycles. The van der Waals surface area contributed by atoms with E-state index in [2.05, 4.69) is 21.1 Å². The Morgan fingerprint density at radius 3 is 2.87 bits per heavy atom. The first-order valence-corrected chi connectivity index (χ1v) is 5.43. The third kappa shape index (κ3) is 1.96. The van der Waals surface area contributed by atoms with Crippen molar-refractivity contribution < 1.29 is 4.52 Å². The molecule has 2 aromatic rings. The zero-order valence-electron chi connectivity index (χ0n) is 8.33. The fourth-order valence-corrected chi connectivity index (χ4v) is 1.86. The standard InChI is InChI=1S/C11H11BrN2O/c1-7-10(6-13)14-15-11(7)8-3-2-4-9(12)5-8/h2-5H,6,13H2,1H3. The van der Waals surface area contributed by atoms with Crippen molar-refractivity contribution in [1.29, 1.82) is 0 Å². The maximum Gasteiger partial charge on any atom is 0.170 e. The molecule has 0 bridgehead atoms. The summed E-state index contributed by atoms with van der Waals surface area (Å²) in [5.74, 6) is 0.789. The number of rotatable bonds is 2. The molecule has 4 heteroatoms. The van der Waals surface area contributed by atoms with Crippen molar-refractivity contribution in [3.63, 3.8) is 0 Å². The average molecular weight is 267 g/mol. The second-order valence-corrected chi connectivity index (χ2v) is 4.21. The van der Waals surface area contributed by atoms with E-state index in [0.717, 1.165) is 27.1 Å². The van der Waals surface area contributed by atoms with Gasteiger partial charge >= 0.3 is 0 Å². The van der Waals surface area contributed by atoms with Crippen molar-refractivity contribution in [3.05, 3.63) is 40.0 Å². The molecule has 3 nitrogen and oxygen atoms in total. The van der Waals surface area contributed by atoms with Gasteiger partial charge in [-0.15, -0.1) is 0 Å². The highest BCUT2D eigenvalue weighted by atomic mass is 79.9. The smallest absolute Gasteiger partial charge is 0.170 e. The maximum atomic E-state index is 5.54. The molecule has 2 rings (SSSR count). The predicted octanol–water partition coefficient (Wildman–Crippen LogP) is 2.87. The lowest BCUT2D eigenvalue weighted by atomic mass is 10.1.